The molecule has 1 aromatic carbocycles. The lowest BCUT2D eigenvalue weighted by molar-refractivity contribution is -0.121. The largest absolute Gasteiger partial charge is 0.354 e. The first kappa shape index (κ1) is 20.7. The Morgan fingerprint density at radius 1 is 1.08 bits per heavy atom. The van der Waals surface area contributed by atoms with E-state index in [0.717, 1.165) is 23.1 Å². The van der Waals surface area contributed by atoms with Gasteiger partial charge in [-0.25, -0.2) is 4.79 Å². The van der Waals surface area contributed by atoms with E-state index in [1.165, 1.54) is 16.8 Å². The summed E-state index contributed by atoms with van der Waals surface area (Å²) in [5, 5.41) is 5.68. The van der Waals surface area contributed by atoms with Crippen molar-refractivity contribution in [2.75, 3.05) is 20.1 Å². The molecule has 1 aromatic heterocycles. The van der Waals surface area contributed by atoms with E-state index in [1.807, 2.05) is 37.4 Å². The Morgan fingerprint density at radius 3 is 2.48 bits per heavy atom. The summed E-state index contributed by atoms with van der Waals surface area (Å²) in [5.41, 5.74) is -0.0206. The van der Waals surface area contributed by atoms with Crippen LogP contribution >= 0.6 is 12.4 Å². The highest BCUT2D eigenvalue weighted by atomic mass is 35.5. The Hall–Kier alpha value is -2.38. The summed E-state index contributed by atoms with van der Waals surface area (Å²) < 4.78 is 2.38. The minimum Gasteiger partial charge on any atom is -0.354 e. The molecule has 0 aliphatic heterocycles. The van der Waals surface area contributed by atoms with Crippen molar-refractivity contribution in [2.45, 2.75) is 19.5 Å². The van der Waals surface area contributed by atoms with Crippen molar-refractivity contribution in [2.24, 2.45) is 0 Å². The van der Waals surface area contributed by atoms with Gasteiger partial charge in [-0.15, -0.1) is 12.4 Å². The predicted molar refractivity (Wildman–Crippen MR) is 99.3 cm³/mol. The van der Waals surface area contributed by atoms with E-state index < -0.39 is 11.2 Å². The van der Waals surface area contributed by atoms with E-state index in [4.69, 9.17) is 0 Å². The van der Waals surface area contributed by atoms with E-state index in [2.05, 4.69) is 10.6 Å². The van der Waals surface area contributed by atoms with Gasteiger partial charge in [0.2, 0.25) is 5.91 Å². The lowest BCUT2D eigenvalue weighted by atomic mass is 10.2. The van der Waals surface area contributed by atoms with Crippen molar-refractivity contribution >= 4 is 18.3 Å². The Labute approximate surface area is 152 Å². The number of aromatic nitrogens is 2. The molecular formula is C17H23ClN4O3. The fourth-order valence-corrected chi connectivity index (χ4v) is 2.30. The molecule has 8 heteroatoms. The van der Waals surface area contributed by atoms with Crippen molar-refractivity contribution in [1.82, 2.24) is 19.8 Å². The summed E-state index contributed by atoms with van der Waals surface area (Å²) >= 11 is 0. The average Bonchev–Trinajstić information content (AvgIpc) is 2.59. The van der Waals surface area contributed by atoms with Gasteiger partial charge in [0.1, 0.15) is 6.54 Å². The van der Waals surface area contributed by atoms with Gasteiger partial charge in [-0.2, -0.15) is 0 Å². The van der Waals surface area contributed by atoms with E-state index >= 15 is 0 Å². The standard InChI is InChI=1S/C17H22N4O3.ClH/c1-18-9-5-10-19-15(22)13-21-16(23)8-11-20(17(21)24)12-14-6-3-2-4-7-14;/h2-4,6-8,11,18H,5,9-10,12-13H2,1H3,(H,19,22);1H. The molecule has 2 rings (SSSR count). The molecule has 7 nitrogen and oxygen atoms in total. The predicted octanol–water partition coefficient (Wildman–Crippen LogP) is 0.206. The fraction of sp³-hybridized carbons (Fsp3) is 0.353. The monoisotopic (exact) mass is 366 g/mol. The molecule has 0 aliphatic carbocycles. The van der Waals surface area contributed by atoms with Crippen LogP contribution < -0.4 is 21.9 Å². The van der Waals surface area contributed by atoms with E-state index in [0.29, 0.717) is 13.1 Å². The first-order chi connectivity index (χ1) is 11.6. The highest BCUT2D eigenvalue weighted by molar-refractivity contribution is 5.85. The van der Waals surface area contributed by atoms with Crippen LogP contribution in [0.4, 0.5) is 0 Å². The van der Waals surface area contributed by atoms with E-state index in [1.54, 1.807) is 0 Å². The van der Waals surface area contributed by atoms with Gasteiger partial charge in [-0.3, -0.25) is 18.7 Å². The number of amides is 1. The lowest BCUT2D eigenvalue weighted by Gasteiger charge is -2.10. The molecule has 0 spiro atoms. The Balaban J connectivity index is 0.00000312. The molecule has 1 heterocycles. The summed E-state index contributed by atoms with van der Waals surface area (Å²) in [4.78, 5) is 36.3. The maximum Gasteiger partial charge on any atom is 0.331 e. The third kappa shape index (κ3) is 6.21. The van der Waals surface area contributed by atoms with Crippen LogP contribution in [0.3, 0.4) is 0 Å². The molecule has 0 radical (unpaired) electrons. The molecule has 0 saturated heterocycles. The van der Waals surface area contributed by atoms with Crippen LogP contribution in [0.15, 0.2) is 52.2 Å². The molecule has 0 atom stereocenters. The zero-order chi connectivity index (χ0) is 17.4. The third-order valence-electron chi connectivity index (χ3n) is 3.56. The number of hydrogen-bond acceptors (Lipinski definition) is 4. The van der Waals surface area contributed by atoms with Crippen molar-refractivity contribution < 1.29 is 4.79 Å². The van der Waals surface area contributed by atoms with Crippen molar-refractivity contribution in [1.29, 1.82) is 0 Å². The van der Waals surface area contributed by atoms with Gasteiger partial charge in [0.05, 0.1) is 6.54 Å². The third-order valence-corrected chi connectivity index (χ3v) is 3.56. The number of halogens is 1. The molecule has 0 fully saturated rings. The summed E-state index contributed by atoms with van der Waals surface area (Å²) in [5.74, 6) is -0.345. The molecule has 25 heavy (non-hydrogen) atoms. The molecule has 2 aromatic rings. The maximum atomic E-state index is 12.4. The van der Waals surface area contributed by atoms with Gasteiger partial charge >= 0.3 is 5.69 Å². The van der Waals surface area contributed by atoms with Crippen molar-refractivity contribution in [3.8, 4) is 0 Å². The zero-order valence-electron chi connectivity index (χ0n) is 14.1. The van der Waals surface area contributed by atoms with E-state index in [-0.39, 0.29) is 24.9 Å². The fourth-order valence-electron chi connectivity index (χ4n) is 2.30. The van der Waals surface area contributed by atoms with Crippen molar-refractivity contribution in [3.63, 3.8) is 0 Å². The minimum atomic E-state index is -0.489. The molecule has 0 unspecified atom stereocenters. The summed E-state index contributed by atoms with van der Waals surface area (Å²) in [6.45, 7) is 1.37. The second kappa shape index (κ2) is 10.5. The number of rotatable bonds is 8. The highest BCUT2D eigenvalue weighted by Crippen LogP contribution is 1.99. The van der Waals surface area contributed by atoms with Gasteiger partial charge in [-0.05, 0) is 25.6 Å². The number of hydrogen-bond donors (Lipinski definition) is 2. The second-order valence-electron chi connectivity index (χ2n) is 5.44. The van der Waals surface area contributed by atoms with Crippen LogP contribution in [-0.2, 0) is 17.9 Å². The average molecular weight is 367 g/mol. The van der Waals surface area contributed by atoms with E-state index in [9.17, 15) is 14.4 Å². The summed E-state index contributed by atoms with van der Waals surface area (Å²) in [6.07, 6.45) is 2.24. The van der Waals surface area contributed by atoms with Crippen LogP contribution in [0.25, 0.3) is 0 Å². The van der Waals surface area contributed by atoms with Gasteiger partial charge in [-0.1, -0.05) is 30.3 Å². The number of benzene rings is 1. The van der Waals surface area contributed by atoms with Gasteiger partial charge in [0.15, 0.2) is 0 Å². The molecule has 0 saturated carbocycles. The number of nitrogens with one attached hydrogen (secondary N) is 2. The van der Waals surface area contributed by atoms with Crippen LogP contribution in [-0.4, -0.2) is 35.2 Å². The maximum absolute atomic E-state index is 12.4. The SMILES string of the molecule is CNCCCNC(=O)Cn1c(=O)ccn(Cc2ccccc2)c1=O.Cl. The quantitative estimate of drug-likeness (QED) is 0.654. The lowest BCUT2D eigenvalue weighted by Crippen LogP contribution is -2.43. The van der Waals surface area contributed by atoms with Gasteiger partial charge in [0, 0.05) is 18.8 Å². The Morgan fingerprint density at radius 2 is 1.80 bits per heavy atom. The van der Waals surface area contributed by atoms with Crippen molar-refractivity contribution in [3.05, 3.63) is 69.0 Å². The van der Waals surface area contributed by atoms with Crippen LogP contribution in [0.5, 0.6) is 0 Å². The number of carbonyl (C=O) groups excluding carboxylic acids is 1. The van der Waals surface area contributed by atoms with Gasteiger partial charge < -0.3 is 10.6 Å². The van der Waals surface area contributed by atoms with Crippen LogP contribution in [0.2, 0.25) is 0 Å². The zero-order valence-corrected chi connectivity index (χ0v) is 14.9. The molecule has 2 N–H and O–H groups in total. The Bertz CT molecular complexity index is 786. The molecule has 136 valence electrons. The van der Waals surface area contributed by atoms with Crippen LogP contribution in [0.1, 0.15) is 12.0 Å². The molecule has 0 aliphatic rings. The number of nitrogens with zero attached hydrogens (tertiary/aromatic N) is 2. The Kier molecular flexibility index (Phi) is 8.66. The molecule has 1 amide bonds. The molecular weight excluding hydrogens is 344 g/mol. The molecule has 0 bridgehead atoms. The highest BCUT2D eigenvalue weighted by Gasteiger charge is 2.10. The topological polar surface area (TPSA) is 85.1 Å². The number of carbonyl (C=O) groups is 1. The normalized spacial score (nSPS) is 10.1. The smallest absolute Gasteiger partial charge is 0.331 e. The summed E-state index contributed by atoms with van der Waals surface area (Å²) in [7, 11) is 1.83. The van der Waals surface area contributed by atoms with Gasteiger partial charge in [0.25, 0.3) is 5.56 Å². The van der Waals surface area contributed by atoms with Crippen LogP contribution in [0, 0.1) is 0 Å². The minimum absolute atomic E-state index is 0. The summed E-state index contributed by atoms with van der Waals surface area (Å²) in [6, 6.07) is 10.8. The first-order valence-electron chi connectivity index (χ1n) is 7.87. The first-order valence-corrected chi connectivity index (χ1v) is 7.87. The second-order valence-corrected chi connectivity index (χ2v) is 5.44.